The lowest BCUT2D eigenvalue weighted by molar-refractivity contribution is 0.0122. The van der Waals surface area contributed by atoms with Crippen molar-refractivity contribution in [2.45, 2.75) is 64.3 Å². The zero-order chi connectivity index (χ0) is 26.6. The highest BCUT2D eigenvalue weighted by molar-refractivity contribution is 6.36. The molecule has 0 radical (unpaired) electrons. The number of benzene rings is 2. The summed E-state index contributed by atoms with van der Waals surface area (Å²) < 4.78 is 11.3. The van der Waals surface area contributed by atoms with Crippen molar-refractivity contribution >= 4 is 40.0 Å². The number of rotatable bonds is 3. The van der Waals surface area contributed by atoms with Crippen LogP contribution in [0.4, 0.5) is 16.3 Å². The number of anilines is 2. The van der Waals surface area contributed by atoms with Gasteiger partial charge in [-0.05, 0) is 57.6 Å². The molecular weight excluding hydrogens is 502 g/mol. The van der Waals surface area contributed by atoms with Gasteiger partial charge in [-0.15, -0.1) is 0 Å². The number of amides is 1. The number of halogens is 1. The number of fused-ring (bicyclic) bond motifs is 4. The largest absolute Gasteiger partial charge is 0.467 e. The number of piperazine rings is 1. The number of nitrogens with zero attached hydrogens (tertiary/aromatic N) is 5. The molecule has 0 N–H and O–H groups in total. The smallest absolute Gasteiger partial charge is 0.410 e. The Morgan fingerprint density at radius 2 is 1.74 bits per heavy atom. The van der Waals surface area contributed by atoms with Crippen molar-refractivity contribution in [1.82, 2.24) is 14.9 Å². The molecule has 2 fully saturated rings. The number of aromatic nitrogens is 2. The van der Waals surface area contributed by atoms with Crippen LogP contribution < -0.4 is 14.5 Å². The Morgan fingerprint density at radius 3 is 2.42 bits per heavy atom. The Morgan fingerprint density at radius 1 is 1.03 bits per heavy atom. The Balaban J connectivity index is 1.29. The first-order valence-electron chi connectivity index (χ1n) is 13.3. The van der Waals surface area contributed by atoms with Crippen LogP contribution in [-0.2, 0) is 17.7 Å². The molecule has 8 nitrogen and oxygen atoms in total. The molecule has 2 aromatic carbocycles. The van der Waals surface area contributed by atoms with Gasteiger partial charge in [0.25, 0.3) is 0 Å². The topological polar surface area (TPSA) is 71.0 Å². The molecule has 3 aliphatic rings. The van der Waals surface area contributed by atoms with Gasteiger partial charge >= 0.3 is 12.1 Å². The molecule has 2 atom stereocenters. The van der Waals surface area contributed by atoms with Crippen molar-refractivity contribution in [3.8, 4) is 6.01 Å². The predicted molar refractivity (Wildman–Crippen MR) is 149 cm³/mol. The third-order valence-corrected chi connectivity index (χ3v) is 8.08. The van der Waals surface area contributed by atoms with Crippen LogP contribution in [0.2, 0.25) is 5.02 Å². The van der Waals surface area contributed by atoms with Crippen LogP contribution in [0.3, 0.4) is 0 Å². The molecule has 1 amide bonds. The fourth-order valence-electron chi connectivity index (χ4n) is 6.18. The highest BCUT2D eigenvalue weighted by Crippen LogP contribution is 2.39. The second kappa shape index (κ2) is 9.49. The van der Waals surface area contributed by atoms with Crippen molar-refractivity contribution in [1.29, 1.82) is 0 Å². The molecule has 4 heterocycles. The Hall–Kier alpha value is -3.26. The molecule has 2 unspecified atom stereocenters. The van der Waals surface area contributed by atoms with E-state index in [9.17, 15) is 4.79 Å². The first kappa shape index (κ1) is 25.0. The van der Waals surface area contributed by atoms with Crippen molar-refractivity contribution in [3.05, 3.63) is 52.7 Å². The second-order valence-corrected chi connectivity index (χ2v) is 11.8. The monoisotopic (exact) mass is 535 g/mol. The summed E-state index contributed by atoms with van der Waals surface area (Å²) in [5.41, 5.74) is 2.75. The lowest BCUT2D eigenvalue weighted by Gasteiger charge is -2.43. The van der Waals surface area contributed by atoms with E-state index in [0.717, 1.165) is 71.9 Å². The second-order valence-electron chi connectivity index (χ2n) is 11.4. The van der Waals surface area contributed by atoms with Gasteiger partial charge in [-0.3, -0.25) is 4.90 Å². The molecule has 0 saturated carbocycles. The van der Waals surface area contributed by atoms with Crippen LogP contribution in [0.15, 0.2) is 36.4 Å². The molecule has 3 aliphatic heterocycles. The van der Waals surface area contributed by atoms with Gasteiger partial charge in [0.15, 0.2) is 0 Å². The van der Waals surface area contributed by atoms with E-state index in [2.05, 4.69) is 34.1 Å². The van der Waals surface area contributed by atoms with Crippen LogP contribution in [0.5, 0.6) is 6.01 Å². The van der Waals surface area contributed by atoms with E-state index in [1.165, 1.54) is 5.56 Å². The molecular formula is C29H34ClN5O3. The Kier molecular flexibility index (Phi) is 6.25. The van der Waals surface area contributed by atoms with Crippen LogP contribution in [0.25, 0.3) is 10.8 Å². The minimum atomic E-state index is -0.507. The molecule has 2 bridgehead atoms. The van der Waals surface area contributed by atoms with Gasteiger partial charge in [-0.1, -0.05) is 35.9 Å². The van der Waals surface area contributed by atoms with E-state index in [1.54, 1.807) is 7.11 Å². The lowest BCUT2D eigenvalue weighted by Crippen LogP contribution is -2.57. The summed E-state index contributed by atoms with van der Waals surface area (Å²) in [6.45, 7) is 8.69. The number of hydrogen-bond acceptors (Lipinski definition) is 7. The van der Waals surface area contributed by atoms with E-state index >= 15 is 0 Å². The molecule has 200 valence electrons. The quantitative estimate of drug-likeness (QED) is 0.442. The van der Waals surface area contributed by atoms with E-state index in [1.807, 2.05) is 37.8 Å². The lowest BCUT2D eigenvalue weighted by atomic mass is 10.0. The minimum absolute atomic E-state index is 0.109. The minimum Gasteiger partial charge on any atom is -0.467 e. The highest BCUT2D eigenvalue weighted by Gasteiger charge is 2.45. The van der Waals surface area contributed by atoms with E-state index in [-0.39, 0.29) is 18.2 Å². The molecule has 6 rings (SSSR count). The van der Waals surface area contributed by atoms with Crippen LogP contribution in [0.1, 0.15) is 44.9 Å². The molecule has 0 aliphatic carbocycles. The predicted octanol–water partition coefficient (Wildman–Crippen LogP) is 5.44. The van der Waals surface area contributed by atoms with Gasteiger partial charge in [0, 0.05) is 36.3 Å². The molecule has 2 saturated heterocycles. The van der Waals surface area contributed by atoms with E-state index < -0.39 is 5.60 Å². The van der Waals surface area contributed by atoms with Crippen molar-refractivity contribution in [2.24, 2.45) is 0 Å². The number of hydrogen-bond donors (Lipinski definition) is 0. The Bertz CT molecular complexity index is 1370. The molecule has 3 aromatic rings. The summed E-state index contributed by atoms with van der Waals surface area (Å²) >= 11 is 6.64. The standard InChI is InChI=1S/C29H34ClN5O3/c1-29(2,3)38-28(36)35-19-11-12-20(35)16-34(15-19)26-21-13-14-33(17-23(21)31-27(32-26)37-4)24-10-6-8-18-7-5-9-22(30)25(18)24/h5-10,19-20H,11-17H2,1-4H3. The number of methoxy groups -OCH3 is 1. The van der Waals surface area contributed by atoms with Crippen LogP contribution >= 0.6 is 11.6 Å². The van der Waals surface area contributed by atoms with Gasteiger partial charge in [-0.2, -0.15) is 9.97 Å². The molecule has 1 aromatic heterocycles. The average Bonchev–Trinajstić information content (AvgIpc) is 3.16. The molecule has 9 heteroatoms. The molecule has 38 heavy (non-hydrogen) atoms. The van der Waals surface area contributed by atoms with Gasteiger partial charge in [0.1, 0.15) is 11.4 Å². The van der Waals surface area contributed by atoms with Gasteiger partial charge in [0.2, 0.25) is 0 Å². The van der Waals surface area contributed by atoms with Gasteiger partial charge in [-0.25, -0.2) is 4.79 Å². The van der Waals surface area contributed by atoms with Gasteiger partial charge in [0.05, 0.1) is 36.5 Å². The maximum Gasteiger partial charge on any atom is 0.410 e. The Labute approximate surface area is 228 Å². The normalized spacial score (nSPS) is 21.0. The van der Waals surface area contributed by atoms with E-state index in [0.29, 0.717) is 12.6 Å². The fourth-order valence-corrected chi connectivity index (χ4v) is 6.45. The zero-order valence-electron chi connectivity index (χ0n) is 22.4. The summed E-state index contributed by atoms with van der Waals surface area (Å²) in [7, 11) is 1.61. The SMILES string of the molecule is COc1nc2c(c(N3CC4CCC(C3)N4C(=O)OC(C)(C)C)n1)CCN(c1cccc3cccc(Cl)c13)C2. The summed E-state index contributed by atoms with van der Waals surface area (Å²) in [4.78, 5) is 29.2. The summed E-state index contributed by atoms with van der Waals surface area (Å²) in [5, 5.41) is 2.94. The first-order chi connectivity index (χ1) is 18.2. The van der Waals surface area contributed by atoms with Gasteiger partial charge < -0.3 is 19.3 Å². The van der Waals surface area contributed by atoms with Crippen LogP contribution in [-0.4, -0.2) is 65.4 Å². The fraction of sp³-hybridized carbons (Fsp3) is 0.483. The average molecular weight is 536 g/mol. The summed E-state index contributed by atoms with van der Waals surface area (Å²) in [5.74, 6) is 0.934. The van der Waals surface area contributed by atoms with Crippen LogP contribution in [0, 0.1) is 0 Å². The van der Waals surface area contributed by atoms with E-state index in [4.69, 9.17) is 31.0 Å². The zero-order valence-corrected chi connectivity index (χ0v) is 23.2. The third kappa shape index (κ3) is 4.49. The number of carbonyl (C=O) groups is 1. The number of carbonyl (C=O) groups excluding carboxylic acids is 1. The number of ether oxygens (including phenoxy) is 2. The van der Waals surface area contributed by atoms with Crippen molar-refractivity contribution in [3.63, 3.8) is 0 Å². The highest BCUT2D eigenvalue weighted by atomic mass is 35.5. The van der Waals surface area contributed by atoms with Crippen molar-refractivity contribution < 1.29 is 14.3 Å². The maximum absolute atomic E-state index is 13.0. The summed E-state index contributed by atoms with van der Waals surface area (Å²) in [6.07, 6.45) is 2.55. The van der Waals surface area contributed by atoms with Crippen molar-refractivity contribution in [2.75, 3.05) is 36.5 Å². The maximum atomic E-state index is 13.0. The summed E-state index contributed by atoms with van der Waals surface area (Å²) in [6, 6.07) is 12.9. The molecule has 0 spiro atoms. The first-order valence-corrected chi connectivity index (χ1v) is 13.7. The third-order valence-electron chi connectivity index (χ3n) is 7.76.